The number of rotatable bonds is 10. The average molecular weight is 259 g/mol. The van der Waals surface area contributed by atoms with Crippen molar-refractivity contribution >= 4 is 16.8 Å². The number of hydrogen-bond donors (Lipinski definition) is 0. The van der Waals surface area contributed by atoms with E-state index in [1.807, 2.05) is 0 Å². The van der Waals surface area contributed by atoms with E-state index in [9.17, 15) is 4.79 Å². The molecule has 0 spiro atoms. The maximum Gasteiger partial charge on any atom is 0.221 e. The Hall–Kier alpha value is -0.300. The van der Waals surface area contributed by atoms with Crippen molar-refractivity contribution in [2.45, 2.75) is 72.1 Å². The number of hydrogen-bond acceptors (Lipinski definition) is 1. The second kappa shape index (κ2) is 10.8. The fourth-order valence-corrected chi connectivity index (χ4v) is 2.20. The SMILES string of the molecule is CCCCCC(C)C/C(C)=C/CCCC(=O)Cl. The summed E-state index contributed by atoms with van der Waals surface area (Å²) in [7, 11) is 0. The van der Waals surface area contributed by atoms with Crippen LogP contribution in [0.5, 0.6) is 0 Å². The third kappa shape index (κ3) is 12.0. The van der Waals surface area contributed by atoms with Crippen LogP contribution in [0.3, 0.4) is 0 Å². The zero-order valence-electron chi connectivity index (χ0n) is 11.6. The molecule has 0 aliphatic carbocycles. The molecule has 0 saturated heterocycles. The minimum absolute atomic E-state index is 0.219. The van der Waals surface area contributed by atoms with Gasteiger partial charge in [0.05, 0.1) is 0 Å². The van der Waals surface area contributed by atoms with E-state index >= 15 is 0 Å². The van der Waals surface area contributed by atoms with Crippen molar-refractivity contribution in [3.63, 3.8) is 0 Å². The van der Waals surface area contributed by atoms with Crippen LogP contribution >= 0.6 is 11.6 Å². The van der Waals surface area contributed by atoms with E-state index in [1.165, 1.54) is 37.7 Å². The van der Waals surface area contributed by atoms with E-state index in [1.54, 1.807) is 0 Å². The third-order valence-corrected chi connectivity index (χ3v) is 3.23. The van der Waals surface area contributed by atoms with Gasteiger partial charge in [0.25, 0.3) is 0 Å². The van der Waals surface area contributed by atoms with Gasteiger partial charge in [-0.1, -0.05) is 51.2 Å². The second-order valence-corrected chi connectivity index (χ2v) is 5.52. The number of allylic oxidation sites excluding steroid dienone is 2. The Kier molecular flexibility index (Phi) is 10.6. The summed E-state index contributed by atoms with van der Waals surface area (Å²) < 4.78 is 0. The van der Waals surface area contributed by atoms with Crippen molar-refractivity contribution < 1.29 is 4.79 Å². The molecule has 1 unspecified atom stereocenters. The van der Waals surface area contributed by atoms with Crippen LogP contribution in [0.2, 0.25) is 0 Å². The van der Waals surface area contributed by atoms with Crippen molar-refractivity contribution in [1.82, 2.24) is 0 Å². The largest absolute Gasteiger partial charge is 0.281 e. The van der Waals surface area contributed by atoms with E-state index in [-0.39, 0.29) is 5.24 Å². The van der Waals surface area contributed by atoms with Gasteiger partial charge in [0.15, 0.2) is 0 Å². The van der Waals surface area contributed by atoms with Gasteiger partial charge in [0.2, 0.25) is 5.24 Å². The average Bonchev–Trinajstić information content (AvgIpc) is 2.24. The maximum absolute atomic E-state index is 10.6. The molecule has 0 rings (SSSR count). The molecule has 0 bridgehead atoms. The van der Waals surface area contributed by atoms with Crippen LogP contribution in [-0.2, 0) is 4.79 Å². The minimum Gasteiger partial charge on any atom is -0.281 e. The number of carbonyl (C=O) groups is 1. The fraction of sp³-hybridized carbons (Fsp3) is 0.800. The molecule has 0 N–H and O–H groups in total. The van der Waals surface area contributed by atoms with Crippen LogP contribution in [0, 0.1) is 5.92 Å². The molecule has 0 aromatic carbocycles. The van der Waals surface area contributed by atoms with E-state index in [4.69, 9.17) is 11.6 Å². The molecule has 0 amide bonds. The van der Waals surface area contributed by atoms with Crippen LogP contribution < -0.4 is 0 Å². The Labute approximate surface area is 112 Å². The Morgan fingerprint density at radius 2 is 2.00 bits per heavy atom. The highest BCUT2D eigenvalue weighted by atomic mass is 35.5. The lowest BCUT2D eigenvalue weighted by Crippen LogP contribution is -1.96. The summed E-state index contributed by atoms with van der Waals surface area (Å²) in [6.07, 6.45) is 11.1. The van der Waals surface area contributed by atoms with Gasteiger partial charge in [-0.25, -0.2) is 0 Å². The predicted octanol–water partition coefficient (Wildman–Crippen LogP) is 5.47. The normalized spacial score (nSPS) is 13.8. The lowest BCUT2D eigenvalue weighted by atomic mass is 9.95. The first-order chi connectivity index (χ1) is 8.06. The summed E-state index contributed by atoms with van der Waals surface area (Å²) in [5.41, 5.74) is 1.45. The topological polar surface area (TPSA) is 17.1 Å². The van der Waals surface area contributed by atoms with Crippen molar-refractivity contribution in [1.29, 1.82) is 0 Å². The smallest absolute Gasteiger partial charge is 0.221 e. The summed E-state index contributed by atoms with van der Waals surface area (Å²) >= 11 is 5.29. The van der Waals surface area contributed by atoms with Crippen LogP contribution in [0.15, 0.2) is 11.6 Å². The fourth-order valence-electron chi connectivity index (χ4n) is 2.07. The molecule has 0 aromatic rings. The molecule has 0 aliphatic rings. The molecule has 17 heavy (non-hydrogen) atoms. The van der Waals surface area contributed by atoms with Crippen LogP contribution in [0.25, 0.3) is 0 Å². The Morgan fingerprint density at radius 3 is 2.59 bits per heavy atom. The van der Waals surface area contributed by atoms with Gasteiger partial charge in [-0.05, 0) is 43.7 Å². The van der Waals surface area contributed by atoms with Crippen molar-refractivity contribution in [2.24, 2.45) is 5.92 Å². The summed E-state index contributed by atoms with van der Waals surface area (Å²) in [4.78, 5) is 10.6. The Bertz CT molecular complexity index is 233. The van der Waals surface area contributed by atoms with E-state index in [2.05, 4.69) is 26.8 Å². The summed E-state index contributed by atoms with van der Waals surface area (Å²) in [5, 5.41) is -0.219. The van der Waals surface area contributed by atoms with Gasteiger partial charge in [-0.2, -0.15) is 0 Å². The van der Waals surface area contributed by atoms with E-state index in [0.717, 1.165) is 18.8 Å². The summed E-state index contributed by atoms with van der Waals surface area (Å²) in [6, 6.07) is 0. The van der Waals surface area contributed by atoms with Gasteiger partial charge < -0.3 is 0 Å². The third-order valence-electron chi connectivity index (χ3n) is 3.04. The lowest BCUT2D eigenvalue weighted by Gasteiger charge is -2.11. The highest BCUT2D eigenvalue weighted by Gasteiger charge is 2.02. The summed E-state index contributed by atoms with van der Waals surface area (Å²) in [5.74, 6) is 0.785. The zero-order valence-corrected chi connectivity index (χ0v) is 12.4. The van der Waals surface area contributed by atoms with Crippen molar-refractivity contribution in [2.75, 3.05) is 0 Å². The van der Waals surface area contributed by atoms with Crippen LogP contribution in [0.1, 0.15) is 72.1 Å². The maximum atomic E-state index is 10.6. The van der Waals surface area contributed by atoms with Gasteiger partial charge in [-0.15, -0.1) is 0 Å². The molecule has 0 fully saturated rings. The molecular formula is C15H27ClO. The Morgan fingerprint density at radius 1 is 1.29 bits per heavy atom. The summed E-state index contributed by atoms with van der Waals surface area (Å²) in [6.45, 7) is 6.77. The molecular weight excluding hydrogens is 232 g/mol. The highest BCUT2D eigenvalue weighted by molar-refractivity contribution is 6.63. The molecule has 1 nitrogen and oxygen atoms in total. The molecule has 0 saturated carbocycles. The first-order valence-electron chi connectivity index (χ1n) is 6.90. The van der Waals surface area contributed by atoms with Gasteiger partial charge in [-0.3, -0.25) is 4.79 Å². The lowest BCUT2D eigenvalue weighted by molar-refractivity contribution is -0.111. The van der Waals surface area contributed by atoms with Crippen molar-refractivity contribution in [3.05, 3.63) is 11.6 Å². The number of unbranched alkanes of at least 4 members (excludes halogenated alkanes) is 3. The molecule has 0 aromatic heterocycles. The molecule has 2 heteroatoms. The van der Waals surface area contributed by atoms with Gasteiger partial charge >= 0.3 is 0 Å². The first-order valence-corrected chi connectivity index (χ1v) is 7.28. The molecule has 0 aliphatic heterocycles. The minimum atomic E-state index is -0.219. The second-order valence-electron chi connectivity index (χ2n) is 5.10. The monoisotopic (exact) mass is 258 g/mol. The standard InChI is InChI=1S/C15H27ClO/c1-4-5-6-9-13(2)12-14(3)10-7-8-11-15(16)17/h10,13H,4-9,11-12H2,1-3H3/b14-10+. The predicted molar refractivity (Wildman–Crippen MR) is 76.4 cm³/mol. The highest BCUT2D eigenvalue weighted by Crippen LogP contribution is 2.18. The molecule has 0 radical (unpaired) electrons. The Balaban J connectivity index is 3.63. The quantitative estimate of drug-likeness (QED) is 0.288. The zero-order chi connectivity index (χ0) is 13.1. The number of halogens is 1. The van der Waals surface area contributed by atoms with E-state index in [0.29, 0.717) is 6.42 Å². The van der Waals surface area contributed by atoms with Gasteiger partial charge in [0.1, 0.15) is 0 Å². The van der Waals surface area contributed by atoms with Crippen LogP contribution in [-0.4, -0.2) is 5.24 Å². The number of carbonyl (C=O) groups excluding carboxylic acids is 1. The molecule has 100 valence electrons. The van der Waals surface area contributed by atoms with Crippen molar-refractivity contribution in [3.8, 4) is 0 Å². The van der Waals surface area contributed by atoms with Gasteiger partial charge in [0, 0.05) is 6.42 Å². The van der Waals surface area contributed by atoms with E-state index < -0.39 is 0 Å². The first kappa shape index (κ1) is 16.7. The molecule has 0 heterocycles. The molecule has 1 atom stereocenters. The van der Waals surface area contributed by atoms with Crippen LogP contribution in [0.4, 0.5) is 0 Å².